The van der Waals surface area contributed by atoms with Crippen LogP contribution >= 0.6 is 0 Å². The minimum Gasteiger partial charge on any atom is -0.462 e. The number of hydrogen-bond donors (Lipinski definition) is 1. The fourth-order valence-corrected chi connectivity index (χ4v) is 1.50. The molecule has 1 unspecified atom stereocenters. The Morgan fingerprint density at radius 2 is 1.88 bits per heavy atom. The Morgan fingerprint density at radius 1 is 1.25 bits per heavy atom. The number of ether oxygens (including phenoxy) is 1. The molecule has 1 atom stereocenters. The van der Waals surface area contributed by atoms with E-state index < -0.39 is 0 Å². The average Bonchev–Trinajstić information content (AvgIpc) is 2.15. The lowest BCUT2D eigenvalue weighted by Gasteiger charge is -2.16. The molecular weight excluding hydrogens is 206 g/mol. The van der Waals surface area contributed by atoms with E-state index in [0.29, 0.717) is 5.92 Å². The quantitative estimate of drug-likeness (QED) is 0.678. The first-order valence-corrected chi connectivity index (χ1v) is 5.83. The zero-order valence-electron chi connectivity index (χ0n) is 10.7. The van der Waals surface area contributed by atoms with E-state index in [-0.39, 0.29) is 24.4 Å². The van der Waals surface area contributed by atoms with E-state index in [1.54, 1.807) is 7.05 Å². The summed E-state index contributed by atoms with van der Waals surface area (Å²) in [6, 6.07) is 0. The van der Waals surface area contributed by atoms with Crippen LogP contribution in [0.1, 0.15) is 46.5 Å². The summed E-state index contributed by atoms with van der Waals surface area (Å²) in [5.74, 6) is 0.229. The lowest BCUT2D eigenvalue weighted by molar-refractivity contribution is -0.148. The Hall–Kier alpha value is -1.06. The van der Waals surface area contributed by atoms with Gasteiger partial charge in [-0.15, -0.1) is 0 Å². The van der Waals surface area contributed by atoms with Crippen molar-refractivity contribution in [3.05, 3.63) is 0 Å². The molecule has 0 fully saturated rings. The number of rotatable bonds is 7. The maximum atomic E-state index is 11.2. The van der Waals surface area contributed by atoms with Crippen molar-refractivity contribution in [1.82, 2.24) is 5.32 Å². The first-order chi connectivity index (χ1) is 7.45. The van der Waals surface area contributed by atoms with Crippen molar-refractivity contribution in [3.8, 4) is 0 Å². The summed E-state index contributed by atoms with van der Waals surface area (Å²) in [5.41, 5.74) is 0. The smallest absolute Gasteiger partial charge is 0.302 e. The van der Waals surface area contributed by atoms with Crippen LogP contribution in [0.25, 0.3) is 0 Å². The Morgan fingerprint density at radius 3 is 2.31 bits per heavy atom. The predicted molar refractivity (Wildman–Crippen MR) is 62.9 cm³/mol. The first kappa shape index (κ1) is 14.9. The first-order valence-electron chi connectivity index (χ1n) is 5.83. The van der Waals surface area contributed by atoms with Gasteiger partial charge in [0, 0.05) is 14.0 Å². The molecule has 0 aromatic rings. The van der Waals surface area contributed by atoms with Crippen LogP contribution in [0, 0.1) is 5.92 Å². The highest BCUT2D eigenvalue weighted by Crippen LogP contribution is 2.13. The van der Waals surface area contributed by atoms with Gasteiger partial charge in [-0.1, -0.05) is 20.3 Å². The maximum Gasteiger partial charge on any atom is 0.302 e. The Bertz CT molecular complexity index is 226. The molecule has 0 saturated heterocycles. The van der Waals surface area contributed by atoms with Gasteiger partial charge >= 0.3 is 5.97 Å². The van der Waals surface area contributed by atoms with Gasteiger partial charge in [0.1, 0.15) is 6.10 Å². The lowest BCUT2D eigenvalue weighted by Crippen LogP contribution is -2.27. The van der Waals surface area contributed by atoms with Gasteiger partial charge in [-0.05, 0) is 18.8 Å². The van der Waals surface area contributed by atoms with Crippen LogP contribution in [0.2, 0.25) is 0 Å². The van der Waals surface area contributed by atoms with E-state index in [4.69, 9.17) is 4.74 Å². The van der Waals surface area contributed by atoms with E-state index in [9.17, 15) is 9.59 Å². The van der Waals surface area contributed by atoms with Gasteiger partial charge in [-0.3, -0.25) is 9.59 Å². The normalized spacial score (nSPS) is 12.3. The Balaban J connectivity index is 3.99. The summed E-state index contributed by atoms with van der Waals surface area (Å²) in [6.45, 7) is 5.68. The van der Waals surface area contributed by atoms with Gasteiger partial charge in [0.2, 0.25) is 5.91 Å². The standard InChI is InChI=1S/C12H23NO3/c1-9(2)6-5-7-11(16-10(3)14)8-12(15)13-4/h9,11H,5-8H2,1-4H3,(H,13,15). The molecular formula is C12H23NO3. The molecule has 0 aliphatic carbocycles. The summed E-state index contributed by atoms with van der Waals surface area (Å²) in [6.07, 6.45) is 2.80. The van der Waals surface area contributed by atoms with Gasteiger partial charge in [0.05, 0.1) is 6.42 Å². The summed E-state index contributed by atoms with van der Waals surface area (Å²) in [5, 5.41) is 2.54. The summed E-state index contributed by atoms with van der Waals surface area (Å²) in [7, 11) is 1.58. The Kier molecular flexibility index (Phi) is 7.60. The van der Waals surface area contributed by atoms with Crippen molar-refractivity contribution >= 4 is 11.9 Å². The predicted octanol–water partition coefficient (Wildman–Crippen LogP) is 1.88. The van der Waals surface area contributed by atoms with Crippen LogP contribution in [0.15, 0.2) is 0 Å². The van der Waals surface area contributed by atoms with E-state index in [1.807, 2.05) is 0 Å². The molecule has 4 heteroatoms. The van der Waals surface area contributed by atoms with Crippen LogP contribution in [0.4, 0.5) is 0 Å². The van der Waals surface area contributed by atoms with Gasteiger partial charge in [0.15, 0.2) is 0 Å². The van der Waals surface area contributed by atoms with Crippen LogP contribution < -0.4 is 5.32 Å². The Labute approximate surface area is 97.7 Å². The van der Waals surface area contributed by atoms with Crippen LogP contribution in [0.5, 0.6) is 0 Å². The number of nitrogens with one attached hydrogen (secondary N) is 1. The SMILES string of the molecule is CNC(=O)CC(CCCC(C)C)OC(C)=O. The highest BCUT2D eigenvalue weighted by atomic mass is 16.5. The third-order valence-corrected chi connectivity index (χ3v) is 2.33. The van der Waals surface area contributed by atoms with Crippen molar-refractivity contribution in [1.29, 1.82) is 0 Å². The average molecular weight is 229 g/mol. The van der Waals surface area contributed by atoms with E-state index >= 15 is 0 Å². The van der Waals surface area contributed by atoms with Crippen molar-refractivity contribution in [3.63, 3.8) is 0 Å². The molecule has 0 aliphatic heterocycles. The summed E-state index contributed by atoms with van der Waals surface area (Å²) >= 11 is 0. The molecule has 0 saturated carbocycles. The molecule has 0 rings (SSSR count). The second-order valence-electron chi connectivity index (χ2n) is 4.43. The third-order valence-electron chi connectivity index (χ3n) is 2.33. The van der Waals surface area contributed by atoms with Crippen LogP contribution in [-0.2, 0) is 14.3 Å². The lowest BCUT2D eigenvalue weighted by atomic mass is 10.0. The van der Waals surface area contributed by atoms with Gasteiger partial charge < -0.3 is 10.1 Å². The second-order valence-corrected chi connectivity index (χ2v) is 4.43. The number of carbonyl (C=O) groups excluding carboxylic acids is 2. The molecule has 4 nitrogen and oxygen atoms in total. The zero-order chi connectivity index (χ0) is 12.6. The van der Waals surface area contributed by atoms with Gasteiger partial charge in [-0.2, -0.15) is 0 Å². The molecule has 94 valence electrons. The number of carbonyl (C=O) groups is 2. The second kappa shape index (κ2) is 8.13. The fourth-order valence-electron chi connectivity index (χ4n) is 1.50. The molecule has 0 aliphatic rings. The molecule has 1 amide bonds. The van der Waals surface area contributed by atoms with Crippen molar-refractivity contribution in [2.24, 2.45) is 5.92 Å². The number of amides is 1. The molecule has 0 aromatic heterocycles. The summed E-state index contributed by atoms with van der Waals surface area (Å²) < 4.78 is 5.10. The highest BCUT2D eigenvalue weighted by molar-refractivity contribution is 5.76. The molecule has 0 bridgehead atoms. The van der Waals surface area contributed by atoms with Crippen molar-refractivity contribution in [2.75, 3.05) is 7.05 Å². The molecule has 0 spiro atoms. The maximum absolute atomic E-state index is 11.2. The zero-order valence-corrected chi connectivity index (χ0v) is 10.7. The van der Waals surface area contributed by atoms with E-state index in [0.717, 1.165) is 19.3 Å². The third kappa shape index (κ3) is 8.26. The van der Waals surface area contributed by atoms with Crippen LogP contribution in [0.3, 0.4) is 0 Å². The topological polar surface area (TPSA) is 55.4 Å². The van der Waals surface area contributed by atoms with E-state index in [2.05, 4.69) is 19.2 Å². The number of hydrogen-bond acceptors (Lipinski definition) is 3. The molecule has 1 N–H and O–H groups in total. The molecule has 0 aromatic carbocycles. The fraction of sp³-hybridized carbons (Fsp3) is 0.833. The van der Waals surface area contributed by atoms with Gasteiger partial charge in [0.25, 0.3) is 0 Å². The highest BCUT2D eigenvalue weighted by Gasteiger charge is 2.15. The van der Waals surface area contributed by atoms with E-state index in [1.165, 1.54) is 6.92 Å². The van der Waals surface area contributed by atoms with Crippen LogP contribution in [-0.4, -0.2) is 25.0 Å². The largest absolute Gasteiger partial charge is 0.462 e. The minimum atomic E-state index is -0.321. The number of esters is 1. The van der Waals surface area contributed by atoms with Crippen molar-refractivity contribution in [2.45, 2.75) is 52.6 Å². The summed E-state index contributed by atoms with van der Waals surface area (Å²) in [4.78, 5) is 22.1. The minimum absolute atomic E-state index is 0.0872. The molecule has 16 heavy (non-hydrogen) atoms. The van der Waals surface area contributed by atoms with Gasteiger partial charge in [-0.25, -0.2) is 0 Å². The molecule has 0 heterocycles. The van der Waals surface area contributed by atoms with Crippen molar-refractivity contribution < 1.29 is 14.3 Å². The monoisotopic (exact) mass is 229 g/mol. The molecule has 0 radical (unpaired) electrons.